The van der Waals surface area contributed by atoms with Gasteiger partial charge in [0.25, 0.3) is 5.24 Å². The number of ether oxygens (including phenoxy) is 1. The van der Waals surface area contributed by atoms with E-state index in [1.54, 1.807) is 36.4 Å². The van der Waals surface area contributed by atoms with E-state index in [9.17, 15) is 19.1 Å². The number of amides is 2. The number of aliphatic hydroxyl groups excluding tert-OH is 1. The number of thioether (sulfide) groups is 1. The lowest BCUT2D eigenvalue weighted by Crippen LogP contribution is -2.25. The summed E-state index contributed by atoms with van der Waals surface area (Å²) in [6.45, 7) is -0.0737. The van der Waals surface area contributed by atoms with E-state index in [4.69, 9.17) is 4.74 Å². The first-order chi connectivity index (χ1) is 12.0. The van der Waals surface area contributed by atoms with Crippen LogP contribution in [0, 0.1) is 5.82 Å². The van der Waals surface area contributed by atoms with Crippen LogP contribution in [-0.2, 0) is 11.2 Å². The second-order valence-corrected chi connectivity index (χ2v) is 6.76. The number of carbonyl (C=O) groups excluding carboxylic acids is 2. The molecule has 1 saturated heterocycles. The van der Waals surface area contributed by atoms with Crippen LogP contribution in [0.2, 0.25) is 0 Å². The van der Waals surface area contributed by atoms with Gasteiger partial charge in [-0.3, -0.25) is 14.9 Å². The van der Waals surface area contributed by atoms with Gasteiger partial charge in [0, 0.05) is 5.56 Å². The summed E-state index contributed by atoms with van der Waals surface area (Å²) in [4.78, 5) is 22.7. The molecule has 0 radical (unpaired) electrons. The molecule has 7 heteroatoms. The Bertz CT molecular complexity index is 781. The fourth-order valence-corrected chi connectivity index (χ4v) is 3.33. The highest BCUT2D eigenvalue weighted by Crippen LogP contribution is 2.24. The van der Waals surface area contributed by atoms with Crippen LogP contribution in [-0.4, -0.2) is 28.1 Å². The van der Waals surface area contributed by atoms with Gasteiger partial charge in [-0.1, -0.05) is 42.1 Å². The van der Waals surface area contributed by atoms with Gasteiger partial charge in [-0.05, 0) is 30.2 Å². The molecule has 5 nitrogen and oxygen atoms in total. The van der Waals surface area contributed by atoms with Crippen molar-refractivity contribution in [3.8, 4) is 5.75 Å². The number of carbonyl (C=O) groups is 2. The molecule has 130 valence electrons. The maximum absolute atomic E-state index is 13.6. The normalized spacial score (nSPS) is 18.1. The van der Waals surface area contributed by atoms with Crippen LogP contribution in [0.5, 0.6) is 5.75 Å². The van der Waals surface area contributed by atoms with E-state index in [2.05, 4.69) is 5.32 Å². The van der Waals surface area contributed by atoms with Gasteiger partial charge >= 0.3 is 0 Å². The minimum Gasteiger partial charge on any atom is -0.491 e. The summed E-state index contributed by atoms with van der Waals surface area (Å²) in [5, 5.41) is 11.5. The summed E-state index contributed by atoms with van der Waals surface area (Å²) in [5.74, 6) is -0.224. The smallest absolute Gasteiger partial charge is 0.286 e. The second-order valence-electron chi connectivity index (χ2n) is 5.58. The van der Waals surface area contributed by atoms with Crippen molar-refractivity contribution in [3.63, 3.8) is 0 Å². The number of aliphatic hydroxyl groups is 1. The fourth-order valence-electron chi connectivity index (χ4n) is 2.47. The quantitative estimate of drug-likeness (QED) is 0.827. The highest BCUT2D eigenvalue weighted by atomic mass is 32.2. The van der Waals surface area contributed by atoms with Gasteiger partial charge in [-0.15, -0.1) is 0 Å². The predicted molar refractivity (Wildman–Crippen MR) is 91.9 cm³/mol. The summed E-state index contributed by atoms with van der Waals surface area (Å²) in [7, 11) is 0. The summed E-state index contributed by atoms with van der Waals surface area (Å²) < 4.78 is 19.1. The molecule has 1 aliphatic rings. The van der Waals surface area contributed by atoms with Crippen LogP contribution in [0.4, 0.5) is 9.18 Å². The first kappa shape index (κ1) is 17.4. The SMILES string of the molecule is O=C1NC(=O)C(Cc2ccc(OC[C@H](O)c3ccccc3F)cc2)S1. The highest BCUT2D eigenvalue weighted by molar-refractivity contribution is 8.15. The molecule has 2 N–H and O–H groups in total. The topological polar surface area (TPSA) is 75.6 Å². The Balaban J connectivity index is 1.55. The molecule has 0 spiro atoms. The zero-order chi connectivity index (χ0) is 17.8. The second kappa shape index (κ2) is 7.67. The maximum Gasteiger partial charge on any atom is 0.286 e. The lowest BCUT2D eigenvalue weighted by molar-refractivity contribution is -0.118. The molecule has 2 amide bonds. The standard InChI is InChI=1S/C18H16FNO4S/c19-14-4-2-1-3-13(14)15(21)10-24-12-7-5-11(6-8-12)9-16-17(22)20-18(23)25-16/h1-8,15-16,21H,9-10H2,(H,20,22,23)/t15-,16?/m0/s1. The predicted octanol–water partition coefficient (Wildman–Crippen LogP) is 2.83. The molecule has 0 aromatic heterocycles. The molecule has 2 atom stereocenters. The van der Waals surface area contributed by atoms with E-state index < -0.39 is 17.2 Å². The molecule has 1 fully saturated rings. The van der Waals surface area contributed by atoms with Gasteiger partial charge in [-0.2, -0.15) is 0 Å². The Morgan fingerprint density at radius 2 is 1.88 bits per heavy atom. The molecule has 0 bridgehead atoms. The summed E-state index contributed by atoms with van der Waals surface area (Å²) >= 11 is 0.986. The van der Waals surface area contributed by atoms with Crippen LogP contribution in [0.3, 0.4) is 0 Å². The van der Waals surface area contributed by atoms with Crippen LogP contribution in [0.25, 0.3) is 0 Å². The molecule has 2 aromatic carbocycles. The van der Waals surface area contributed by atoms with Crippen molar-refractivity contribution < 1.29 is 23.8 Å². The molecule has 0 aliphatic carbocycles. The van der Waals surface area contributed by atoms with E-state index >= 15 is 0 Å². The number of hydrogen-bond donors (Lipinski definition) is 2. The zero-order valence-corrected chi connectivity index (χ0v) is 14.0. The first-order valence-corrected chi connectivity index (χ1v) is 8.56. The van der Waals surface area contributed by atoms with E-state index in [0.29, 0.717) is 12.2 Å². The monoisotopic (exact) mass is 361 g/mol. The molecule has 1 aliphatic heterocycles. The Hall–Kier alpha value is -2.38. The zero-order valence-electron chi connectivity index (χ0n) is 13.1. The van der Waals surface area contributed by atoms with Crippen LogP contribution in [0.1, 0.15) is 17.2 Å². The third-order valence-corrected chi connectivity index (χ3v) is 4.76. The van der Waals surface area contributed by atoms with Gasteiger partial charge in [0.05, 0.1) is 5.25 Å². The van der Waals surface area contributed by atoms with Gasteiger partial charge in [0.15, 0.2) is 0 Å². The Morgan fingerprint density at radius 1 is 1.16 bits per heavy atom. The summed E-state index contributed by atoms with van der Waals surface area (Å²) in [6, 6.07) is 13.0. The summed E-state index contributed by atoms with van der Waals surface area (Å²) in [6.07, 6.45) is -0.620. The molecule has 0 saturated carbocycles. The van der Waals surface area contributed by atoms with E-state index in [0.717, 1.165) is 17.3 Å². The Kier molecular flexibility index (Phi) is 5.35. The number of nitrogens with one attached hydrogen (secondary N) is 1. The van der Waals surface area contributed by atoms with Crippen molar-refractivity contribution in [2.24, 2.45) is 0 Å². The van der Waals surface area contributed by atoms with Gasteiger partial charge in [0.2, 0.25) is 5.91 Å². The van der Waals surface area contributed by atoms with Crippen molar-refractivity contribution in [1.82, 2.24) is 5.32 Å². The van der Waals surface area contributed by atoms with Crippen LogP contribution >= 0.6 is 11.8 Å². The minimum atomic E-state index is -1.06. The molecular weight excluding hydrogens is 345 g/mol. The Labute approximate surface area is 148 Å². The largest absolute Gasteiger partial charge is 0.491 e. The molecule has 25 heavy (non-hydrogen) atoms. The van der Waals surface area contributed by atoms with Crippen molar-refractivity contribution >= 4 is 22.9 Å². The van der Waals surface area contributed by atoms with Crippen molar-refractivity contribution in [3.05, 3.63) is 65.5 Å². The maximum atomic E-state index is 13.6. The van der Waals surface area contributed by atoms with Crippen LogP contribution < -0.4 is 10.1 Å². The molecule has 3 rings (SSSR count). The number of imide groups is 1. The van der Waals surface area contributed by atoms with Crippen LogP contribution in [0.15, 0.2) is 48.5 Å². The molecule has 1 heterocycles. The average molecular weight is 361 g/mol. The van der Waals surface area contributed by atoms with Gasteiger partial charge in [0.1, 0.15) is 24.3 Å². The molecular formula is C18H16FNO4S. The Morgan fingerprint density at radius 3 is 2.52 bits per heavy atom. The van der Waals surface area contributed by atoms with E-state index in [1.807, 2.05) is 0 Å². The average Bonchev–Trinajstić information content (AvgIpc) is 2.91. The summed E-state index contributed by atoms with van der Waals surface area (Å²) in [5.41, 5.74) is 1.08. The van der Waals surface area contributed by atoms with Crippen molar-refractivity contribution in [1.29, 1.82) is 0 Å². The van der Waals surface area contributed by atoms with Crippen molar-refractivity contribution in [2.75, 3.05) is 6.61 Å². The number of halogens is 1. The molecule has 1 unspecified atom stereocenters. The third-order valence-electron chi connectivity index (χ3n) is 3.78. The third kappa shape index (κ3) is 4.37. The number of benzene rings is 2. The van der Waals surface area contributed by atoms with Gasteiger partial charge in [-0.25, -0.2) is 4.39 Å². The van der Waals surface area contributed by atoms with E-state index in [-0.39, 0.29) is 23.3 Å². The molecule has 2 aromatic rings. The fraction of sp³-hybridized carbons (Fsp3) is 0.222. The highest BCUT2D eigenvalue weighted by Gasteiger charge is 2.31. The lowest BCUT2D eigenvalue weighted by atomic mass is 10.1. The first-order valence-electron chi connectivity index (χ1n) is 7.68. The van der Waals surface area contributed by atoms with Gasteiger partial charge < -0.3 is 9.84 Å². The minimum absolute atomic E-state index is 0.0737. The number of rotatable bonds is 6. The number of hydrogen-bond acceptors (Lipinski definition) is 5. The van der Waals surface area contributed by atoms with Crippen molar-refractivity contribution in [2.45, 2.75) is 17.8 Å². The lowest BCUT2D eigenvalue weighted by Gasteiger charge is -2.14. The van der Waals surface area contributed by atoms with E-state index in [1.165, 1.54) is 12.1 Å².